The van der Waals surface area contributed by atoms with Crippen LogP contribution in [0.25, 0.3) is 0 Å². The van der Waals surface area contributed by atoms with Crippen molar-refractivity contribution in [3.63, 3.8) is 0 Å². The predicted octanol–water partition coefficient (Wildman–Crippen LogP) is 2.37. The van der Waals surface area contributed by atoms with Crippen LogP contribution in [0.2, 0.25) is 5.02 Å². The van der Waals surface area contributed by atoms with E-state index in [1.807, 2.05) is 0 Å². The zero-order valence-corrected chi connectivity index (χ0v) is 8.13. The summed E-state index contributed by atoms with van der Waals surface area (Å²) in [6.07, 6.45) is 3.50. The van der Waals surface area contributed by atoms with Crippen LogP contribution in [-0.4, -0.2) is 5.21 Å². The van der Waals surface area contributed by atoms with Gasteiger partial charge < -0.3 is 5.21 Å². The monoisotopic (exact) mass is 203 g/mol. The highest BCUT2D eigenvalue weighted by molar-refractivity contribution is 7.12. The number of hydrogen-bond acceptors (Lipinski definition) is 3. The van der Waals surface area contributed by atoms with Crippen LogP contribution in [0, 0.1) is 0 Å². The second-order valence-corrected chi connectivity index (χ2v) is 4.50. The second-order valence-electron chi connectivity index (χ2n) is 2.93. The Balaban J connectivity index is 2.34. The highest BCUT2D eigenvalue weighted by Crippen LogP contribution is 2.38. The Labute approximate surface area is 80.1 Å². The normalized spacial score (nSPS) is 15.2. The van der Waals surface area contributed by atoms with E-state index in [0.29, 0.717) is 6.54 Å². The SMILES string of the molecule is ONCc1sc2c(c1Cl)CCC2. The standard InChI is InChI=1S/C8H10ClNOS/c9-8-5-2-1-3-6(5)12-7(8)4-10-11/h10-11H,1-4H2. The summed E-state index contributed by atoms with van der Waals surface area (Å²) in [5, 5.41) is 9.40. The summed E-state index contributed by atoms with van der Waals surface area (Å²) in [6.45, 7) is 0.469. The molecule has 0 aromatic carbocycles. The van der Waals surface area contributed by atoms with Crippen molar-refractivity contribution in [2.75, 3.05) is 0 Å². The molecule has 0 fully saturated rings. The number of hydrogen-bond donors (Lipinski definition) is 2. The van der Waals surface area contributed by atoms with Gasteiger partial charge in [-0.25, -0.2) is 5.48 Å². The number of nitrogens with one attached hydrogen (secondary N) is 1. The molecule has 0 unspecified atom stereocenters. The lowest BCUT2D eigenvalue weighted by atomic mass is 10.2. The Bertz CT molecular complexity index is 297. The molecule has 2 N–H and O–H groups in total. The molecule has 0 saturated heterocycles. The van der Waals surface area contributed by atoms with Crippen LogP contribution in [0.1, 0.15) is 21.7 Å². The van der Waals surface area contributed by atoms with Gasteiger partial charge in [-0.3, -0.25) is 0 Å². The van der Waals surface area contributed by atoms with Crippen LogP contribution in [-0.2, 0) is 19.4 Å². The van der Waals surface area contributed by atoms with Gasteiger partial charge in [0, 0.05) is 9.75 Å². The molecule has 1 aliphatic rings. The van der Waals surface area contributed by atoms with Gasteiger partial charge in [0.05, 0.1) is 11.6 Å². The van der Waals surface area contributed by atoms with Crippen LogP contribution in [0.15, 0.2) is 0 Å². The first kappa shape index (κ1) is 8.51. The molecule has 0 saturated carbocycles. The Morgan fingerprint density at radius 1 is 1.50 bits per heavy atom. The van der Waals surface area contributed by atoms with Crippen molar-refractivity contribution in [1.29, 1.82) is 0 Å². The molecule has 4 heteroatoms. The molecule has 1 aromatic rings. The average molecular weight is 204 g/mol. The predicted molar refractivity (Wildman–Crippen MR) is 50.0 cm³/mol. The zero-order chi connectivity index (χ0) is 8.55. The maximum Gasteiger partial charge on any atom is 0.0593 e. The van der Waals surface area contributed by atoms with Gasteiger partial charge in [-0.2, -0.15) is 0 Å². The zero-order valence-electron chi connectivity index (χ0n) is 6.56. The summed E-state index contributed by atoms with van der Waals surface area (Å²) in [7, 11) is 0. The number of fused-ring (bicyclic) bond motifs is 1. The molecule has 1 aliphatic carbocycles. The van der Waals surface area contributed by atoms with Gasteiger partial charge in [0.1, 0.15) is 0 Å². The number of aryl methyl sites for hydroxylation is 1. The van der Waals surface area contributed by atoms with E-state index < -0.39 is 0 Å². The molecule has 0 radical (unpaired) electrons. The molecule has 2 rings (SSSR count). The first-order chi connectivity index (χ1) is 5.83. The van der Waals surface area contributed by atoms with Crippen LogP contribution in [0.4, 0.5) is 0 Å². The summed E-state index contributed by atoms with van der Waals surface area (Å²) in [6, 6.07) is 0. The van der Waals surface area contributed by atoms with Crippen molar-refractivity contribution >= 4 is 22.9 Å². The third kappa shape index (κ3) is 1.27. The Morgan fingerprint density at radius 2 is 2.33 bits per heavy atom. The molecule has 0 bridgehead atoms. The van der Waals surface area contributed by atoms with Gasteiger partial charge in [0.25, 0.3) is 0 Å². The minimum atomic E-state index is 0.469. The molecular formula is C8H10ClNOS. The van der Waals surface area contributed by atoms with E-state index in [1.165, 1.54) is 16.9 Å². The third-order valence-electron chi connectivity index (χ3n) is 2.16. The molecule has 0 atom stereocenters. The van der Waals surface area contributed by atoms with E-state index in [4.69, 9.17) is 16.8 Å². The first-order valence-electron chi connectivity index (χ1n) is 3.99. The summed E-state index contributed by atoms with van der Waals surface area (Å²) < 4.78 is 0. The van der Waals surface area contributed by atoms with Crippen LogP contribution >= 0.6 is 22.9 Å². The van der Waals surface area contributed by atoms with E-state index in [9.17, 15) is 0 Å². The summed E-state index contributed by atoms with van der Waals surface area (Å²) in [5.41, 5.74) is 3.45. The van der Waals surface area contributed by atoms with Crippen molar-refractivity contribution in [3.05, 3.63) is 20.3 Å². The molecule has 66 valence electrons. The molecule has 1 aromatic heterocycles. The Morgan fingerprint density at radius 3 is 3.00 bits per heavy atom. The van der Waals surface area contributed by atoms with Crippen molar-refractivity contribution < 1.29 is 5.21 Å². The minimum Gasteiger partial charge on any atom is -0.316 e. The fourth-order valence-electron chi connectivity index (χ4n) is 1.61. The van der Waals surface area contributed by atoms with Gasteiger partial charge >= 0.3 is 0 Å². The number of rotatable bonds is 2. The van der Waals surface area contributed by atoms with Gasteiger partial charge in [-0.15, -0.1) is 11.3 Å². The lowest BCUT2D eigenvalue weighted by Gasteiger charge is -1.96. The molecule has 0 amide bonds. The largest absolute Gasteiger partial charge is 0.316 e. The summed E-state index contributed by atoms with van der Waals surface area (Å²) in [4.78, 5) is 2.47. The van der Waals surface area contributed by atoms with Crippen molar-refractivity contribution in [3.8, 4) is 0 Å². The van der Waals surface area contributed by atoms with Gasteiger partial charge in [-0.1, -0.05) is 11.6 Å². The number of thiophene rings is 1. The fraction of sp³-hybridized carbons (Fsp3) is 0.500. The van der Waals surface area contributed by atoms with Gasteiger partial charge in [0.15, 0.2) is 0 Å². The molecule has 0 aliphatic heterocycles. The molecule has 1 heterocycles. The smallest absolute Gasteiger partial charge is 0.0593 e. The highest BCUT2D eigenvalue weighted by Gasteiger charge is 2.20. The lowest BCUT2D eigenvalue weighted by molar-refractivity contribution is 0.162. The average Bonchev–Trinajstić information content (AvgIpc) is 2.58. The summed E-state index contributed by atoms with van der Waals surface area (Å²) in [5.74, 6) is 0. The van der Waals surface area contributed by atoms with E-state index in [0.717, 1.165) is 22.7 Å². The minimum absolute atomic E-state index is 0.469. The molecule has 0 spiro atoms. The van der Waals surface area contributed by atoms with Crippen molar-refractivity contribution in [2.45, 2.75) is 25.8 Å². The Kier molecular flexibility index (Phi) is 2.37. The molecule has 2 nitrogen and oxygen atoms in total. The van der Waals surface area contributed by atoms with E-state index in [1.54, 1.807) is 11.3 Å². The fourth-order valence-corrected chi connectivity index (χ4v) is 3.28. The topological polar surface area (TPSA) is 32.3 Å². The van der Waals surface area contributed by atoms with Crippen LogP contribution < -0.4 is 5.48 Å². The van der Waals surface area contributed by atoms with E-state index in [2.05, 4.69) is 5.48 Å². The third-order valence-corrected chi connectivity index (χ3v) is 4.02. The van der Waals surface area contributed by atoms with Crippen molar-refractivity contribution in [1.82, 2.24) is 5.48 Å². The quantitative estimate of drug-likeness (QED) is 0.724. The highest BCUT2D eigenvalue weighted by atomic mass is 35.5. The molecular weight excluding hydrogens is 194 g/mol. The van der Waals surface area contributed by atoms with Gasteiger partial charge in [-0.05, 0) is 24.8 Å². The van der Waals surface area contributed by atoms with E-state index in [-0.39, 0.29) is 0 Å². The molecule has 12 heavy (non-hydrogen) atoms. The van der Waals surface area contributed by atoms with Crippen LogP contribution in [0.5, 0.6) is 0 Å². The second kappa shape index (κ2) is 3.34. The van der Waals surface area contributed by atoms with Crippen LogP contribution in [0.3, 0.4) is 0 Å². The maximum absolute atomic E-state index is 8.53. The first-order valence-corrected chi connectivity index (χ1v) is 5.18. The van der Waals surface area contributed by atoms with E-state index >= 15 is 0 Å². The summed E-state index contributed by atoms with van der Waals surface area (Å²) >= 11 is 7.83. The van der Waals surface area contributed by atoms with Gasteiger partial charge in [0.2, 0.25) is 0 Å². The maximum atomic E-state index is 8.53. The lowest BCUT2D eigenvalue weighted by Crippen LogP contribution is -2.04. The number of halogens is 1. The number of hydroxylamine groups is 1. The van der Waals surface area contributed by atoms with Crippen molar-refractivity contribution in [2.24, 2.45) is 0 Å². The Hall–Kier alpha value is -0.0900.